The molecule has 32 heavy (non-hydrogen) atoms. The third-order valence-electron chi connectivity index (χ3n) is 5.30. The van der Waals surface area contributed by atoms with Crippen molar-refractivity contribution in [1.29, 1.82) is 0 Å². The lowest BCUT2D eigenvalue weighted by atomic mass is 10.1. The Hall–Kier alpha value is -3.54. The standard InChI is InChI=1S/C26H30N2O4/c1-4-15-27-26(30)19(2)28(17-20-9-7-12-22(16-20)31-3)25(29)18-32-24-14-8-11-21-10-5-6-13-23(21)24/h5-14,16,19H,4,15,17-18H2,1-3H3,(H,27,30)/t19-/m1/s1. The number of ether oxygens (including phenoxy) is 2. The SMILES string of the molecule is CCCNC(=O)[C@@H](C)N(Cc1cccc(OC)c1)C(=O)COc1cccc2ccccc12. The van der Waals surface area contributed by atoms with Crippen molar-refractivity contribution < 1.29 is 19.1 Å². The average molecular weight is 435 g/mol. The Bertz CT molecular complexity index is 1060. The van der Waals surface area contributed by atoms with Gasteiger partial charge in [0.05, 0.1) is 7.11 Å². The summed E-state index contributed by atoms with van der Waals surface area (Å²) in [5, 5.41) is 4.86. The van der Waals surface area contributed by atoms with Crippen LogP contribution in [0, 0.1) is 0 Å². The molecule has 0 unspecified atom stereocenters. The largest absolute Gasteiger partial charge is 0.497 e. The van der Waals surface area contributed by atoms with E-state index in [1.807, 2.05) is 73.7 Å². The molecule has 1 N–H and O–H groups in total. The fourth-order valence-corrected chi connectivity index (χ4v) is 3.49. The molecule has 0 spiro atoms. The summed E-state index contributed by atoms with van der Waals surface area (Å²) in [4.78, 5) is 27.4. The molecular weight excluding hydrogens is 404 g/mol. The molecular formula is C26H30N2O4. The molecule has 0 radical (unpaired) electrons. The minimum Gasteiger partial charge on any atom is -0.497 e. The van der Waals surface area contributed by atoms with Gasteiger partial charge >= 0.3 is 0 Å². The monoisotopic (exact) mass is 434 g/mol. The fourth-order valence-electron chi connectivity index (χ4n) is 3.49. The average Bonchev–Trinajstić information content (AvgIpc) is 2.84. The van der Waals surface area contributed by atoms with E-state index in [0.29, 0.717) is 18.0 Å². The number of nitrogens with one attached hydrogen (secondary N) is 1. The van der Waals surface area contributed by atoms with E-state index in [9.17, 15) is 9.59 Å². The maximum atomic E-state index is 13.2. The molecule has 0 aliphatic heterocycles. The molecule has 0 saturated carbocycles. The minimum atomic E-state index is -0.642. The second-order valence-electron chi connectivity index (χ2n) is 7.61. The Kier molecular flexibility index (Phi) is 8.08. The molecule has 3 rings (SSSR count). The summed E-state index contributed by atoms with van der Waals surface area (Å²) in [5.41, 5.74) is 0.873. The summed E-state index contributed by atoms with van der Waals surface area (Å²) in [5.74, 6) is 0.888. The van der Waals surface area contributed by atoms with Crippen LogP contribution in [0.5, 0.6) is 11.5 Å². The van der Waals surface area contributed by atoms with Crippen LogP contribution in [0.15, 0.2) is 66.7 Å². The number of methoxy groups -OCH3 is 1. The zero-order chi connectivity index (χ0) is 22.9. The number of carbonyl (C=O) groups is 2. The van der Waals surface area contributed by atoms with Crippen LogP contribution in [0.3, 0.4) is 0 Å². The highest BCUT2D eigenvalue weighted by molar-refractivity contribution is 5.90. The number of fused-ring (bicyclic) bond motifs is 1. The van der Waals surface area contributed by atoms with E-state index in [-0.39, 0.29) is 25.0 Å². The maximum Gasteiger partial charge on any atom is 0.261 e. The number of amides is 2. The molecule has 3 aromatic rings. The lowest BCUT2D eigenvalue weighted by Crippen LogP contribution is -2.49. The van der Waals surface area contributed by atoms with Crippen LogP contribution in [-0.2, 0) is 16.1 Å². The minimum absolute atomic E-state index is 0.163. The van der Waals surface area contributed by atoms with Gasteiger partial charge in [-0.1, -0.05) is 55.5 Å². The lowest BCUT2D eigenvalue weighted by Gasteiger charge is -2.29. The van der Waals surface area contributed by atoms with E-state index in [2.05, 4.69) is 5.32 Å². The summed E-state index contributed by atoms with van der Waals surface area (Å²) in [6.07, 6.45) is 0.826. The molecule has 0 saturated heterocycles. The smallest absolute Gasteiger partial charge is 0.261 e. The molecule has 0 aliphatic carbocycles. The van der Waals surface area contributed by atoms with Gasteiger partial charge < -0.3 is 19.7 Å². The molecule has 0 aromatic heterocycles. The van der Waals surface area contributed by atoms with Gasteiger partial charge in [-0.2, -0.15) is 0 Å². The second-order valence-corrected chi connectivity index (χ2v) is 7.61. The number of benzene rings is 3. The molecule has 0 bridgehead atoms. The molecule has 0 heterocycles. The maximum absolute atomic E-state index is 13.2. The summed E-state index contributed by atoms with van der Waals surface area (Å²) < 4.78 is 11.2. The lowest BCUT2D eigenvalue weighted by molar-refractivity contribution is -0.142. The molecule has 0 aliphatic rings. The highest BCUT2D eigenvalue weighted by Crippen LogP contribution is 2.25. The van der Waals surface area contributed by atoms with Crippen LogP contribution in [0.2, 0.25) is 0 Å². The van der Waals surface area contributed by atoms with Crippen LogP contribution >= 0.6 is 0 Å². The van der Waals surface area contributed by atoms with Gasteiger partial charge in [-0.3, -0.25) is 9.59 Å². The molecule has 6 heteroatoms. The zero-order valence-electron chi connectivity index (χ0n) is 18.8. The topological polar surface area (TPSA) is 67.9 Å². The first-order chi connectivity index (χ1) is 15.5. The number of hydrogen-bond acceptors (Lipinski definition) is 4. The van der Waals surface area contributed by atoms with E-state index >= 15 is 0 Å². The first-order valence-electron chi connectivity index (χ1n) is 10.8. The van der Waals surface area contributed by atoms with Crippen molar-refractivity contribution in [3.05, 3.63) is 72.3 Å². The zero-order valence-corrected chi connectivity index (χ0v) is 18.8. The third kappa shape index (κ3) is 5.78. The van der Waals surface area contributed by atoms with E-state index in [1.165, 1.54) is 0 Å². The molecule has 0 fully saturated rings. The van der Waals surface area contributed by atoms with Gasteiger partial charge in [0.15, 0.2) is 6.61 Å². The van der Waals surface area contributed by atoms with E-state index in [1.54, 1.807) is 18.9 Å². The Morgan fingerprint density at radius 3 is 2.56 bits per heavy atom. The Labute approximate surface area is 189 Å². The van der Waals surface area contributed by atoms with Gasteiger partial charge in [0, 0.05) is 18.5 Å². The summed E-state index contributed by atoms with van der Waals surface area (Å²) in [6.45, 7) is 4.40. The van der Waals surface area contributed by atoms with Crippen molar-refractivity contribution in [3.8, 4) is 11.5 Å². The van der Waals surface area contributed by atoms with E-state index in [0.717, 1.165) is 22.8 Å². The van der Waals surface area contributed by atoms with Crippen LogP contribution in [-0.4, -0.2) is 43.0 Å². The quantitative estimate of drug-likeness (QED) is 0.520. The molecule has 1 atom stereocenters. The summed E-state index contributed by atoms with van der Waals surface area (Å²) >= 11 is 0. The van der Waals surface area contributed by atoms with Gasteiger partial charge in [0.1, 0.15) is 17.5 Å². The second kappa shape index (κ2) is 11.2. The van der Waals surface area contributed by atoms with Crippen LogP contribution < -0.4 is 14.8 Å². The van der Waals surface area contributed by atoms with Gasteiger partial charge in [0.2, 0.25) is 5.91 Å². The predicted octanol–water partition coefficient (Wildman–Crippen LogP) is 4.17. The Morgan fingerprint density at radius 2 is 1.78 bits per heavy atom. The number of rotatable bonds is 10. The highest BCUT2D eigenvalue weighted by Gasteiger charge is 2.26. The molecule has 2 amide bonds. The molecule has 6 nitrogen and oxygen atoms in total. The number of carbonyl (C=O) groups excluding carboxylic acids is 2. The van der Waals surface area contributed by atoms with Gasteiger partial charge in [-0.05, 0) is 42.5 Å². The third-order valence-corrected chi connectivity index (χ3v) is 5.30. The Balaban J connectivity index is 1.79. The van der Waals surface area contributed by atoms with Crippen molar-refractivity contribution in [1.82, 2.24) is 10.2 Å². The van der Waals surface area contributed by atoms with Crippen molar-refractivity contribution in [2.75, 3.05) is 20.3 Å². The first kappa shape index (κ1) is 23.1. The summed E-state index contributed by atoms with van der Waals surface area (Å²) in [7, 11) is 1.60. The van der Waals surface area contributed by atoms with Gasteiger partial charge in [-0.15, -0.1) is 0 Å². The van der Waals surface area contributed by atoms with Crippen LogP contribution in [0.1, 0.15) is 25.8 Å². The molecule has 3 aromatic carbocycles. The fraction of sp³-hybridized carbons (Fsp3) is 0.308. The highest BCUT2D eigenvalue weighted by atomic mass is 16.5. The van der Waals surface area contributed by atoms with Crippen LogP contribution in [0.4, 0.5) is 0 Å². The number of nitrogens with zero attached hydrogens (tertiary/aromatic N) is 1. The summed E-state index contributed by atoms with van der Waals surface area (Å²) in [6, 6.07) is 20.4. The van der Waals surface area contributed by atoms with E-state index < -0.39 is 6.04 Å². The normalized spacial score (nSPS) is 11.6. The van der Waals surface area contributed by atoms with Crippen molar-refractivity contribution >= 4 is 22.6 Å². The first-order valence-corrected chi connectivity index (χ1v) is 10.8. The van der Waals surface area contributed by atoms with Crippen LogP contribution in [0.25, 0.3) is 10.8 Å². The predicted molar refractivity (Wildman–Crippen MR) is 126 cm³/mol. The van der Waals surface area contributed by atoms with Gasteiger partial charge in [-0.25, -0.2) is 0 Å². The van der Waals surface area contributed by atoms with Gasteiger partial charge in [0.25, 0.3) is 5.91 Å². The molecule has 168 valence electrons. The van der Waals surface area contributed by atoms with Crippen molar-refractivity contribution in [3.63, 3.8) is 0 Å². The van der Waals surface area contributed by atoms with E-state index in [4.69, 9.17) is 9.47 Å². The van der Waals surface area contributed by atoms with Crippen molar-refractivity contribution in [2.45, 2.75) is 32.9 Å². The number of hydrogen-bond donors (Lipinski definition) is 1. The van der Waals surface area contributed by atoms with Crippen molar-refractivity contribution in [2.24, 2.45) is 0 Å². The Morgan fingerprint density at radius 1 is 1.03 bits per heavy atom.